The van der Waals surface area contributed by atoms with Crippen LogP contribution in [0.4, 0.5) is 0 Å². The van der Waals surface area contributed by atoms with Crippen molar-refractivity contribution in [2.75, 3.05) is 19.8 Å². The number of carbonyl (C=O) groups is 1. The first-order valence-corrected chi connectivity index (χ1v) is 7.85. The van der Waals surface area contributed by atoms with Gasteiger partial charge in [0.1, 0.15) is 18.1 Å². The lowest BCUT2D eigenvalue weighted by Gasteiger charge is -2.09. The molecule has 1 amide bonds. The zero-order chi connectivity index (χ0) is 16.5. The Balaban J connectivity index is 1.70. The first kappa shape index (κ1) is 16.9. The van der Waals surface area contributed by atoms with E-state index < -0.39 is 0 Å². The summed E-state index contributed by atoms with van der Waals surface area (Å²) in [6.07, 6.45) is 0.390. The molecule has 0 saturated heterocycles. The molecule has 0 spiro atoms. The van der Waals surface area contributed by atoms with Crippen LogP contribution in [0.1, 0.15) is 18.1 Å². The molecule has 2 aromatic rings. The van der Waals surface area contributed by atoms with Crippen molar-refractivity contribution < 1.29 is 14.3 Å². The number of benzene rings is 2. The summed E-state index contributed by atoms with van der Waals surface area (Å²) in [6, 6.07) is 15.5. The maximum absolute atomic E-state index is 11.9. The Morgan fingerprint density at radius 3 is 2.52 bits per heavy atom. The summed E-state index contributed by atoms with van der Waals surface area (Å²) >= 11 is 0. The van der Waals surface area contributed by atoms with Gasteiger partial charge in [0.15, 0.2) is 0 Å². The summed E-state index contributed by atoms with van der Waals surface area (Å²) in [5, 5.41) is 2.87. The van der Waals surface area contributed by atoms with Gasteiger partial charge in [-0.1, -0.05) is 35.9 Å². The van der Waals surface area contributed by atoms with Gasteiger partial charge in [-0.05, 0) is 31.5 Å². The van der Waals surface area contributed by atoms with E-state index in [1.165, 1.54) is 0 Å². The van der Waals surface area contributed by atoms with E-state index in [9.17, 15) is 4.79 Å². The van der Waals surface area contributed by atoms with Gasteiger partial charge in [-0.3, -0.25) is 4.79 Å². The fraction of sp³-hybridized carbons (Fsp3) is 0.316. The van der Waals surface area contributed by atoms with Crippen LogP contribution in [0, 0.1) is 6.92 Å². The van der Waals surface area contributed by atoms with Crippen LogP contribution in [-0.4, -0.2) is 25.7 Å². The summed E-state index contributed by atoms with van der Waals surface area (Å²) in [4.78, 5) is 11.9. The normalized spacial score (nSPS) is 10.2. The molecule has 122 valence electrons. The fourth-order valence-corrected chi connectivity index (χ4v) is 2.25. The number of aryl methyl sites for hydroxylation is 1. The van der Waals surface area contributed by atoms with Crippen molar-refractivity contribution >= 4 is 5.91 Å². The predicted molar refractivity (Wildman–Crippen MR) is 91.0 cm³/mol. The molecule has 0 fully saturated rings. The van der Waals surface area contributed by atoms with Crippen molar-refractivity contribution in [1.82, 2.24) is 5.32 Å². The minimum absolute atomic E-state index is 0.00210. The van der Waals surface area contributed by atoms with Crippen molar-refractivity contribution in [3.8, 4) is 11.5 Å². The van der Waals surface area contributed by atoms with Crippen LogP contribution >= 0.6 is 0 Å². The molecule has 0 saturated carbocycles. The van der Waals surface area contributed by atoms with Gasteiger partial charge in [0.05, 0.1) is 19.6 Å². The van der Waals surface area contributed by atoms with Crippen LogP contribution in [-0.2, 0) is 11.2 Å². The largest absolute Gasteiger partial charge is 0.494 e. The molecule has 0 atom stereocenters. The highest BCUT2D eigenvalue weighted by Crippen LogP contribution is 2.19. The molecule has 4 heteroatoms. The highest BCUT2D eigenvalue weighted by atomic mass is 16.5. The molecule has 2 aromatic carbocycles. The fourth-order valence-electron chi connectivity index (χ4n) is 2.25. The van der Waals surface area contributed by atoms with Crippen molar-refractivity contribution in [3.05, 3.63) is 59.7 Å². The van der Waals surface area contributed by atoms with Gasteiger partial charge < -0.3 is 14.8 Å². The van der Waals surface area contributed by atoms with Gasteiger partial charge in [0.2, 0.25) is 5.91 Å². The first-order valence-electron chi connectivity index (χ1n) is 7.85. The number of rotatable bonds is 8. The zero-order valence-corrected chi connectivity index (χ0v) is 13.7. The van der Waals surface area contributed by atoms with Gasteiger partial charge >= 0.3 is 0 Å². The molecule has 23 heavy (non-hydrogen) atoms. The molecular formula is C19H23NO3. The number of nitrogens with one attached hydrogen (secondary N) is 1. The van der Waals surface area contributed by atoms with Crippen LogP contribution in [0.25, 0.3) is 0 Å². The average Bonchev–Trinajstić information content (AvgIpc) is 2.52. The number of amides is 1. The van der Waals surface area contributed by atoms with Gasteiger partial charge in [0.25, 0.3) is 0 Å². The molecule has 0 radical (unpaired) electrons. The molecule has 1 N–H and O–H groups in total. The van der Waals surface area contributed by atoms with Crippen molar-refractivity contribution in [1.29, 1.82) is 0 Å². The molecule has 0 heterocycles. The quantitative estimate of drug-likeness (QED) is 0.762. The molecule has 4 nitrogen and oxygen atoms in total. The lowest BCUT2D eigenvalue weighted by molar-refractivity contribution is -0.120. The average molecular weight is 313 g/mol. The molecule has 2 rings (SSSR count). The Labute approximate surface area is 137 Å². The third-order valence-corrected chi connectivity index (χ3v) is 3.26. The minimum atomic E-state index is 0.00210. The van der Waals surface area contributed by atoms with Crippen molar-refractivity contribution in [2.24, 2.45) is 0 Å². The maximum Gasteiger partial charge on any atom is 0.224 e. The third kappa shape index (κ3) is 6.02. The van der Waals surface area contributed by atoms with Gasteiger partial charge in [0, 0.05) is 6.07 Å². The molecule has 0 unspecified atom stereocenters. The van der Waals surface area contributed by atoms with Crippen LogP contribution in [0.15, 0.2) is 48.5 Å². The monoisotopic (exact) mass is 313 g/mol. The Hall–Kier alpha value is -2.49. The van der Waals surface area contributed by atoms with E-state index in [1.807, 2.05) is 62.4 Å². The molecule has 0 bridgehead atoms. The highest BCUT2D eigenvalue weighted by molar-refractivity contribution is 5.78. The van der Waals surface area contributed by atoms with E-state index in [0.29, 0.717) is 26.2 Å². The number of ether oxygens (including phenoxy) is 2. The van der Waals surface area contributed by atoms with E-state index in [2.05, 4.69) is 5.32 Å². The first-order chi connectivity index (χ1) is 11.2. The Morgan fingerprint density at radius 2 is 1.78 bits per heavy atom. The van der Waals surface area contributed by atoms with E-state index in [-0.39, 0.29) is 5.91 Å². The van der Waals surface area contributed by atoms with Crippen molar-refractivity contribution in [2.45, 2.75) is 20.3 Å². The van der Waals surface area contributed by atoms with E-state index in [0.717, 1.165) is 22.6 Å². The topological polar surface area (TPSA) is 47.6 Å². The van der Waals surface area contributed by atoms with Gasteiger partial charge in [-0.25, -0.2) is 0 Å². The SMILES string of the molecule is CCOc1cccc(OCCNC(=O)Cc2cccc(C)c2)c1. The summed E-state index contributed by atoms with van der Waals surface area (Å²) < 4.78 is 11.0. The number of hydrogen-bond donors (Lipinski definition) is 1. The predicted octanol–water partition coefficient (Wildman–Crippen LogP) is 3.13. The van der Waals surface area contributed by atoms with Crippen LogP contribution < -0.4 is 14.8 Å². The maximum atomic E-state index is 11.9. The number of hydrogen-bond acceptors (Lipinski definition) is 3. The summed E-state index contributed by atoms with van der Waals surface area (Å²) in [5.41, 5.74) is 2.18. The minimum Gasteiger partial charge on any atom is -0.494 e. The summed E-state index contributed by atoms with van der Waals surface area (Å²) in [5.74, 6) is 1.53. The smallest absolute Gasteiger partial charge is 0.224 e. The second-order valence-electron chi connectivity index (χ2n) is 5.27. The Bertz CT molecular complexity index is 640. The molecule has 0 aromatic heterocycles. The van der Waals surface area contributed by atoms with Crippen LogP contribution in [0.3, 0.4) is 0 Å². The van der Waals surface area contributed by atoms with E-state index in [1.54, 1.807) is 0 Å². The second-order valence-corrected chi connectivity index (χ2v) is 5.27. The Kier molecular flexibility index (Phi) is 6.48. The van der Waals surface area contributed by atoms with Crippen molar-refractivity contribution in [3.63, 3.8) is 0 Å². The molecule has 0 aliphatic heterocycles. The van der Waals surface area contributed by atoms with E-state index in [4.69, 9.17) is 9.47 Å². The highest BCUT2D eigenvalue weighted by Gasteiger charge is 2.03. The third-order valence-electron chi connectivity index (χ3n) is 3.26. The zero-order valence-electron chi connectivity index (χ0n) is 13.7. The molecule has 0 aliphatic rings. The molecular weight excluding hydrogens is 290 g/mol. The van der Waals surface area contributed by atoms with E-state index >= 15 is 0 Å². The van der Waals surface area contributed by atoms with Crippen LogP contribution in [0.5, 0.6) is 11.5 Å². The standard InChI is InChI=1S/C19H23NO3/c1-3-22-17-8-5-9-18(14-17)23-11-10-20-19(21)13-16-7-4-6-15(2)12-16/h4-9,12,14H,3,10-11,13H2,1-2H3,(H,20,21). The second kappa shape index (κ2) is 8.83. The van der Waals surface area contributed by atoms with Crippen LogP contribution in [0.2, 0.25) is 0 Å². The van der Waals surface area contributed by atoms with Gasteiger partial charge in [-0.15, -0.1) is 0 Å². The molecule has 0 aliphatic carbocycles. The lowest BCUT2D eigenvalue weighted by atomic mass is 10.1. The van der Waals surface area contributed by atoms with Gasteiger partial charge in [-0.2, -0.15) is 0 Å². The summed E-state index contributed by atoms with van der Waals surface area (Å²) in [6.45, 7) is 5.49. The number of carbonyl (C=O) groups excluding carboxylic acids is 1. The summed E-state index contributed by atoms with van der Waals surface area (Å²) in [7, 11) is 0. The lowest BCUT2D eigenvalue weighted by Crippen LogP contribution is -2.29. The Morgan fingerprint density at radius 1 is 1.04 bits per heavy atom.